The third-order valence-electron chi connectivity index (χ3n) is 3.91. The van der Waals surface area contributed by atoms with Crippen LogP contribution in [-0.4, -0.2) is 16.1 Å². The molecule has 26 heavy (non-hydrogen) atoms. The first-order valence-corrected chi connectivity index (χ1v) is 8.11. The Bertz CT molecular complexity index is 949. The van der Waals surface area contributed by atoms with E-state index in [9.17, 15) is 15.0 Å². The van der Waals surface area contributed by atoms with E-state index in [-0.39, 0.29) is 23.2 Å². The molecule has 0 bridgehead atoms. The van der Waals surface area contributed by atoms with Crippen LogP contribution in [0.25, 0.3) is 0 Å². The molecule has 3 rings (SSSR count). The van der Waals surface area contributed by atoms with E-state index in [1.807, 2.05) is 19.1 Å². The Morgan fingerprint density at radius 2 is 1.69 bits per heavy atom. The second kappa shape index (κ2) is 7.19. The molecule has 3 aromatic carbocycles. The number of carbonyl (C=O) groups is 1. The van der Waals surface area contributed by atoms with Gasteiger partial charge in [0, 0.05) is 17.3 Å². The molecular formula is C21H19NO4. The highest BCUT2D eigenvalue weighted by atomic mass is 16.5. The van der Waals surface area contributed by atoms with Gasteiger partial charge in [-0.05, 0) is 55.8 Å². The summed E-state index contributed by atoms with van der Waals surface area (Å²) in [5.74, 6) is 0.462. The summed E-state index contributed by atoms with van der Waals surface area (Å²) in [6, 6.07) is 16.6. The van der Waals surface area contributed by atoms with Crippen molar-refractivity contribution in [3.8, 4) is 23.0 Å². The summed E-state index contributed by atoms with van der Waals surface area (Å²) >= 11 is 0. The Kier molecular flexibility index (Phi) is 4.80. The normalized spacial score (nSPS) is 10.4. The third kappa shape index (κ3) is 3.95. The fraction of sp³-hybridized carbons (Fsp3) is 0.0952. The van der Waals surface area contributed by atoms with Crippen molar-refractivity contribution in [1.29, 1.82) is 0 Å². The van der Waals surface area contributed by atoms with Crippen LogP contribution in [0.2, 0.25) is 0 Å². The number of anilines is 1. The maximum atomic E-state index is 12.4. The summed E-state index contributed by atoms with van der Waals surface area (Å²) in [6.07, 6.45) is 0. The summed E-state index contributed by atoms with van der Waals surface area (Å²) < 4.78 is 5.72. The van der Waals surface area contributed by atoms with Crippen molar-refractivity contribution in [2.45, 2.75) is 13.8 Å². The minimum Gasteiger partial charge on any atom is -0.508 e. The molecular weight excluding hydrogens is 330 g/mol. The maximum Gasteiger partial charge on any atom is 0.255 e. The van der Waals surface area contributed by atoms with Crippen LogP contribution in [0, 0.1) is 13.8 Å². The number of aryl methyl sites for hydroxylation is 2. The fourth-order valence-corrected chi connectivity index (χ4v) is 2.46. The molecule has 0 aliphatic rings. The summed E-state index contributed by atoms with van der Waals surface area (Å²) in [5, 5.41) is 22.4. The minimum absolute atomic E-state index is 0.0153. The van der Waals surface area contributed by atoms with Crippen molar-refractivity contribution in [3.63, 3.8) is 0 Å². The van der Waals surface area contributed by atoms with Crippen LogP contribution in [0.3, 0.4) is 0 Å². The molecule has 0 aliphatic carbocycles. The molecule has 0 unspecified atom stereocenters. The zero-order chi connectivity index (χ0) is 18.7. The summed E-state index contributed by atoms with van der Waals surface area (Å²) in [6.45, 7) is 3.75. The van der Waals surface area contributed by atoms with Gasteiger partial charge in [0.05, 0.1) is 0 Å². The monoisotopic (exact) mass is 349 g/mol. The Hall–Kier alpha value is -3.47. The number of amides is 1. The average Bonchev–Trinajstić information content (AvgIpc) is 2.61. The number of carbonyl (C=O) groups excluding carboxylic acids is 1. The van der Waals surface area contributed by atoms with E-state index >= 15 is 0 Å². The molecule has 5 heteroatoms. The number of phenols is 2. The van der Waals surface area contributed by atoms with Crippen molar-refractivity contribution in [1.82, 2.24) is 0 Å². The zero-order valence-corrected chi connectivity index (χ0v) is 14.5. The van der Waals surface area contributed by atoms with Gasteiger partial charge in [-0.2, -0.15) is 0 Å². The molecule has 132 valence electrons. The summed E-state index contributed by atoms with van der Waals surface area (Å²) in [7, 11) is 0. The minimum atomic E-state index is -0.365. The molecule has 0 radical (unpaired) electrons. The van der Waals surface area contributed by atoms with Gasteiger partial charge in [-0.15, -0.1) is 0 Å². The molecule has 0 saturated heterocycles. The van der Waals surface area contributed by atoms with Gasteiger partial charge in [-0.3, -0.25) is 4.79 Å². The molecule has 1 amide bonds. The predicted molar refractivity (Wildman–Crippen MR) is 100 cm³/mol. The zero-order valence-electron chi connectivity index (χ0n) is 14.5. The second-order valence-electron chi connectivity index (χ2n) is 6.05. The Balaban J connectivity index is 1.85. The smallest absolute Gasteiger partial charge is 0.255 e. The maximum absolute atomic E-state index is 12.4. The molecule has 0 heterocycles. The predicted octanol–water partition coefficient (Wildman–Crippen LogP) is 4.76. The van der Waals surface area contributed by atoms with E-state index in [1.165, 1.54) is 18.2 Å². The third-order valence-corrected chi connectivity index (χ3v) is 3.91. The number of hydrogen-bond acceptors (Lipinski definition) is 4. The van der Waals surface area contributed by atoms with E-state index in [0.717, 1.165) is 5.56 Å². The standard InChI is InChI=1S/C21H19NO4/c1-13-6-8-17(9-7-13)26-20-12-18(14(2)10-19(20)24)22-21(25)15-4-3-5-16(23)11-15/h3-12,23-24H,1-2H3,(H,22,25). The topological polar surface area (TPSA) is 78.8 Å². The van der Waals surface area contributed by atoms with E-state index in [2.05, 4.69) is 5.32 Å². The van der Waals surface area contributed by atoms with Gasteiger partial charge in [0.15, 0.2) is 11.5 Å². The first-order chi connectivity index (χ1) is 12.4. The van der Waals surface area contributed by atoms with Crippen LogP contribution in [0.1, 0.15) is 21.5 Å². The molecule has 0 fully saturated rings. The Morgan fingerprint density at radius 1 is 0.962 bits per heavy atom. The largest absolute Gasteiger partial charge is 0.508 e. The molecule has 0 aromatic heterocycles. The average molecular weight is 349 g/mol. The number of phenolic OH excluding ortho intramolecular Hbond substituents is 2. The first kappa shape index (κ1) is 17.4. The number of nitrogens with one attached hydrogen (secondary N) is 1. The van der Waals surface area contributed by atoms with Crippen molar-refractivity contribution in [2.75, 3.05) is 5.32 Å². The lowest BCUT2D eigenvalue weighted by Gasteiger charge is -2.13. The van der Waals surface area contributed by atoms with Crippen LogP contribution >= 0.6 is 0 Å². The lowest BCUT2D eigenvalue weighted by atomic mass is 10.1. The molecule has 0 spiro atoms. The highest BCUT2D eigenvalue weighted by Crippen LogP contribution is 2.35. The lowest BCUT2D eigenvalue weighted by Crippen LogP contribution is -2.12. The molecule has 0 atom stereocenters. The van der Waals surface area contributed by atoms with Gasteiger partial charge in [0.1, 0.15) is 11.5 Å². The van der Waals surface area contributed by atoms with Crippen molar-refractivity contribution < 1.29 is 19.7 Å². The molecule has 0 saturated carbocycles. The van der Waals surface area contributed by atoms with Crippen LogP contribution in [0.5, 0.6) is 23.0 Å². The Labute approximate surface area is 151 Å². The number of aromatic hydroxyl groups is 2. The van der Waals surface area contributed by atoms with Gasteiger partial charge in [-0.25, -0.2) is 0 Å². The van der Waals surface area contributed by atoms with Crippen molar-refractivity contribution in [2.24, 2.45) is 0 Å². The lowest BCUT2D eigenvalue weighted by molar-refractivity contribution is 0.102. The number of hydrogen-bond donors (Lipinski definition) is 3. The van der Waals surface area contributed by atoms with Crippen LogP contribution in [0.15, 0.2) is 60.7 Å². The second-order valence-corrected chi connectivity index (χ2v) is 6.05. The van der Waals surface area contributed by atoms with E-state index < -0.39 is 0 Å². The Morgan fingerprint density at radius 3 is 2.38 bits per heavy atom. The van der Waals surface area contributed by atoms with Crippen LogP contribution < -0.4 is 10.1 Å². The number of benzene rings is 3. The number of rotatable bonds is 4. The van der Waals surface area contributed by atoms with Gasteiger partial charge in [0.2, 0.25) is 0 Å². The summed E-state index contributed by atoms with van der Waals surface area (Å²) in [5.41, 5.74) is 2.63. The molecule has 5 nitrogen and oxygen atoms in total. The quantitative estimate of drug-likeness (QED) is 0.593. The summed E-state index contributed by atoms with van der Waals surface area (Å²) in [4.78, 5) is 12.4. The fourth-order valence-electron chi connectivity index (χ4n) is 2.46. The van der Waals surface area contributed by atoms with Crippen molar-refractivity contribution >= 4 is 11.6 Å². The van der Waals surface area contributed by atoms with Crippen molar-refractivity contribution in [3.05, 3.63) is 77.4 Å². The van der Waals surface area contributed by atoms with Crippen LogP contribution in [0.4, 0.5) is 5.69 Å². The van der Waals surface area contributed by atoms with E-state index in [1.54, 1.807) is 37.3 Å². The van der Waals surface area contributed by atoms with Gasteiger partial charge in [0.25, 0.3) is 5.91 Å². The SMILES string of the molecule is Cc1ccc(Oc2cc(NC(=O)c3cccc(O)c3)c(C)cc2O)cc1. The highest BCUT2D eigenvalue weighted by molar-refractivity contribution is 6.05. The molecule has 0 aliphatic heterocycles. The van der Waals surface area contributed by atoms with E-state index in [0.29, 0.717) is 22.6 Å². The van der Waals surface area contributed by atoms with Crippen LogP contribution in [-0.2, 0) is 0 Å². The molecule has 3 N–H and O–H groups in total. The van der Waals surface area contributed by atoms with Gasteiger partial charge < -0.3 is 20.3 Å². The van der Waals surface area contributed by atoms with E-state index in [4.69, 9.17) is 4.74 Å². The van der Waals surface area contributed by atoms with Gasteiger partial charge >= 0.3 is 0 Å². The first-order valence-electron chi connectivity index (χ1n) is 8.11. The van der Waals surface area contributed by atoms with Gasteiger partial charge in [-0.1, -0.05) is 23.8 Å². The highest BCUT2D eigenvalue weighted by Gasteiger charge is 2.13. The molecule has 3 aromatic rings. The number of ether oxygens (including phenoxy) is 1.